The van der Waals surface area contributed by atoms with E-state index in [1.807, 2.05) is 33.9 Å². The Morgan fingerprint density at radius 2 is 2.00 bits per heavy atom. The Bertz CT molecular complexity index is 336. The van der Waals surface area contributed by atoms with Crippen molar-refractivity contribution in [1.82, 2.24) is 14.9 Å². The van der Waals surface area contributed by atoms with Gasteiger partial charge >= 0.3 is 0 Å². The summed E-state index contributed by atoms with van der Waals surface area (Å²) in [5.41, 5.74) is -1.12. The van der Waals surface area contributed by atoms with Crippen molar-refractivity contribution in [2.24, 2.45) is 0 Å². The van der Waals surface area contributed by atoms with Gasteiger partial charge in [0.15, 0.2) is 0 Å². The Balaban J connectivity index is 2.65. The Hall–Kier alpha value is -0.870. The van der Waals surface area contributed by atoms with Crippen molar-refractivity contribution >= 4 is 0 Å². The summed E-state index contributed by atoms with van der Waals surface area (Å²) in [6, 6.07) is 0. The second-order valence-corrected chi connectivity index (χ2v) is 5.17. The highest BCUT2D eigenvalue weighted by atomic mass is 16.3. The lowest BCUT2D eigenvalue weighted by molar-refractivity contribution is -0.00571. The molecule has 92 valence electrons. The summed E-state index contributed by atoms with van der Waals surface area (Å²) in [5, 5.41) is 13.4. The predicted molar refractivity (Wildman–Crippen MR) is 65.1 cm³/mol. The van der Waals surface area contributed by atoms with E-state index in [0.29, 0.717) is 6.54 Å². The van der Waals surface area contributed by atoms with Crippen molar-refractivity contribution in [1.29, 1.82) is 0 Å². The largest absolute Gasteiger partial charge is 0.389 e. The monoisotopic (exact) mass is 225 g/mol. The maximum absolute atomic E-state index is 10.0. The summed E-state index contributed by atoms with van der Waals surface area (Å²) in [5.74, 6) is 1.000. The number of imidazole rings is 1. The third kappa shape index (κ3) is 2.83. The van der Waals surface area contributed by atoms with E-state index in [1.54, 1.807) is 6.20 Å². The summed E-state index contributed by atoms with van der Waals surface area (Å²) < 4.78 is 2.09. The highest BCUT2D eigenvalue weighted by Crippen LogP contribution is 2.20. The van der Waals surface area contributed by atoms with Crippen LogP contribution in [0.15, 0.2) is 12.4 Å². The molecule has 0 amide bonds. The summed E-state index contributed by atoms with van der Waals surface area (Å²) in [6.07, 6.45) is 3.77. The van der Waals surface area contributed by atoms with Crippen molar-refractivity contribution in [3.63, 3.8) is 0 Å². The van der Waals surface area contributed by atoms with Gasteiger partial charge in [-0.15, -0.1) is 0 Å². The lowest BCUT2D eigenvalue weighted by Gasteiger charge is -2.38. The zero-order valence-corrected chi connectivity index (χ0v) is 10.9. The molecule has 0 saturated carbocycles. The van der Waals surface area contributed by atoms with Crippen LogP contribution in [0.4, 0.5) is 0 Å². The van der Waals surface area contributed by atoms with Gasteiger partial charge < -0.3 is 15.0 Å². The number of aromatic nitrogens is 2. The first-order chi connectivity index (χ1) is 7.28. The lowest BCUT2D eigenvalue weighted by atomic mass is 9.86. The van der Waals surface area contributed by atoms with Gasteiger partial charge in [-0.1, -0.05) is 0 Å². The molecule has 0 aliphatic heterocycles. The van der Waals surface area contributed by atoms with E-state index >= 15 is 0 Å². The zero-order chi connectivity index (χ0) is 12.4. The fraction of sp³-hybridized carbons (Fsp3) is 0.750. The van der Waals surface area contributed by atoms with Crippen molar-refractivity contribution in [3.05, 3.63) is 18.2 Å². The molecule has 1 aromatic rings. The maximum atomic E-state index is 10.0. The number of aryl methyl sites for hydroxylation is 1. The average molecular weight is 225 g/mol. The van der Waals surface area contributed by atoms with Crippen LogP contribution in [-0.4, -0.2) is 25.8 Å². The third-order valence-corrected chi connectivity index (χ3v) is 3.36. The SMILES string of the molecule is CCn1ccnc1CNC(C)(C)C(C)(C)O. The molecule has 2 N–H and O–H groups in total. The normalized spacial score (nSPS) is 13.1. The van der Waals surface area contributed by atoms with E-state index in [2.05, 4.69) is 21.8 Å². The molecule has 0 radical (unpaired) electrons. The second kappa shape index (κ2) is 4.55. The first kappa shape index (κ1) is 13.2. The zero-order valence-electron chi connectivity index (χ0n) is 10.9. The molecule has 4 heteroatoms. The number of aliphatic hydroxyl groups is 1. The van der Waals surface area contributed by atoms with E-state index in [9.17, 15) is 5.11 Å². The van der Waals surface area contributed by atoms with E-state index < -0.39 is 5.60 Å². The molecule has 1 heterocycles. The molecule has 16 heavy (non-hydrogen) atoms. The molecule has 0 aliphatic carbocycles. The van der Waals surface area contributed by atoms with Crippen molar-refractivity contribution in [2.45, 2.75) is 58.8 Å². The molecule has 0 aromatic carbocycles. The van der Waals surface area contributed by atoms with Gasteiger partial charge in [0, 0.05) is 24.5 Å². The quantitative estimate of drug-likeness (QED) is 0.799. The molecule has 0 bridgehead atoms. The van der Waals surface area contributed by atoms with Gasteiger partial charge in [0.25, 0.3) is 0 Å². The van der Waals surface area contributed by atoms with Gasteiger partial charge in [0.05, 0.1) is 12.1 Å². The Labute approximate surface area is 97.7 Å². The summed E-state index contributed by atoms with van der Waals surface area (Å²) >= 11 is 0. The number of nitrogens with one attached hydrogen (secondary N) is 1. The Morgan fingerprint density at radius 1 is 1.38 bits per heavy atom. The van der Waals surface area contributed by atoms with E-state index in [1.165, 1.54) is 0 Å². The molecule has 0 saturated heterocycles. The van der Waals surface area contributed by atoms with Gasteiger partial charge in [-0.3, -0.25) is 0 Å². The van der Waals surface area contributed by atoms with Gasteiger partial charge in [0.2, 0.25) is 0 Å². The van der Waals surface area contributed by atoms with Crippen LogP contribution < -0.4 is 5.32 Å². The molecule has 1 aromatic heterocycles. The Morgan fingerprint density at radius 3 is 2.50 bits per heavy atom. The summed E-state index contributed by atoms with van der Waals surface area (Å²) in [4.78, 5) is 4.29. The minimum absolute atomic E-state index is 0.350. The lowest BCUT2D eigenvalue weighted by Crippen LogP contribution is -2.55. The molecular weight excluding hydrogens is 202 g/mol. The van der Waals surface area contributed by atoms with Crippen LogP contribution >= 0.6 is 0 Å². The van der Waals surface area contributed by atoms with Gasteiger partial charge in [-0.05, 0) is 34.6 Å². The van der Waals surface area contributed by atoms with Gasteiger partial charge in [-0.2, -0.15) is 0 Å². The molecule has 0 unspecified atom stereocenters. The minimum Gasteiger partial charge on any atom is -0.389 e. The Kier molecular flexibility index (Phi) is 3.76. The standard InChI is InChI=1S/C12H23N3O/c1-6-15-8-7-13-10(15)9-14-11(2,3)12(4,5)16/h7-8,14,16H,6,9H2,1-5H3. The maximum Gasteiger partial charge on any atom is 0.122 e. The number of hydrogen-bond acceptors (Lipinski definition) is 3. The molecular formula is C12H23N3O. The van der Waals surface area contributed by atoms with Crippen molar-refractivity contribution in [2.75, 3.05) is 0 Å². The predicted octanol–water partition coefficient (Wildman–Crippen LogP) is 1.54. The van der Waals surface area contributed by atoms with E-state index in [0.717, 1.165) is 12.4 Å². The molecule has 0 aliphatic rings. The topological polar surface area (TPSA) is 50.1 Å². The van der Waals surface area contributed by atoms with Crippen LogP contribution in [0, 0.1) is 0 Å². The first-order valence-electron chi connectivity index (χ1n) is 5.75. The summed E-state index contributed by atoms with van der Waals surface area (Å²) in [6.45, 7) is 11.3. The van der Waals surface area contributed by atoms with Crippen molar-refractivity contribution in [3.8, 4) is 0 Å². The second-order valence-electron chi connectivity index (χ2n) is 5.17. The van der Waals surface area contributed by atoms with E-state index in [4.69, 9.17) is 0 Å². The number of rotatable bonds is 5. The molecule has 4 nitrogen and oxygen atoms in total. The average Bonchev–Trinajstić information content (AvgIpc) is 2.60. The van der Waals surface area contributed by atoms with Gasteiger partial charge in [0.1, 0.15) is 5.82 Å². The first-order valence-corrected chi connectivity index (χ1v) is 5.75. The van der Waals surface area contributed by atoms with Crippen LogP contribution in [0.5, 0.6) is 0 Å². The van der Waals surface area contributed by atoms with Crippen LogP contribution in [-0.2, 0) is 13.1 Å². The molecule has 1 rings (SSSR count). The highest BCUT2D eigenvalue weighted by molar-refractivity contribution is 4.97. The van der Waals surface area contributed by atoms with Crippen LogP contribution in [0.2, 0.25) is 0 Å². The number of nitrogens with zero attached hydrogens (tertiary/aromatic N) is 2. The van der Waals surface area contributed by atoms with Crippen LogP contribution in [0.3, 0.4) is 0 Å². The van der Waals surface area contributed by atoms with Crippen molar-refractivity contribution < 1.29 is 5.11 Å². The van der Waals surface area contributed by atoms with Crippen LogP contribution in [0.25, 0.3) is 0 Å². The van der Waals surface area contributed by atoms with Crippen LogP contribution in [0.1, 0.15) is 40.4 Å². The van der Waals surface area contributed by atoms with E-state index in [-0.39, 0.29) is 5.54 Å². The third-order valence-electron chi connectivity index (χ3n) is 3.36. The number of hydrogen-bond donors (Lipinski definition) is 2. The fourth-order valence-corrected chi connectivity index (χ4v) is 1.31. The smallest absolute Gasteiger partial charge is 0.122 e. The fourth-order valence-electron chi connectivity index (χ4n) is 1.31. The molecule has 0 fully saturated rings. The van der Waals surface area contributed by atoms with Gasteiger partial charge in [-0.25, -0.2) is 4.98 Å². The highest BCUT2D eigenvalue weighted by Gasteiger charge is 2.34. The molecule has 0 atom stereocenters. The summed E-state index contributed by atoms with van der Waals surface area (Å²) in [7, 11) is 0. The molecule has 0 spiro atoms. The minimum atomic E-state index is -0.767.